The largest absolute Gasteiger partial charge is 0.408 e. The van der Waals surface area contributed by atoms with Crippen molar-refractivity contribution < 1.29 is 9.53 Å². The lowest BCUT2D eigenvalue weighted by Gasteiger charge is -2.27. The third kappa shape index (κ3) is 2.33. The Morgan fingerprint density at radius 1 is 1.45 bits per heavy atom. The number of benzene rings is 1. The van der Waals surface area contributed by atoms with Gasteiger partial charge in [0.05, 0.1) is 18.6 Å². The smallest absolute Gasteiger partial charge is 0.312 e. The summed E-state index contributed by atoms with van der Waals surface area (Å²) in [4.78, 5) is 15.6. The molecule has 1 heterocycles. The first-order chi connectivity index (χ1) is 9.79. The predicted octanol–water partition coefficient (Wildman–Crippen LogP) is 3.12. The molecule has 0 fully saturated rings. The van der Waals surface area contributed by atoms with Crippen LogP contribution < -0.4 is 4.74 Å². The third-order valence-corrected chi connectivity index (χ3v) is 3.81. The van der Waals surface area contributed by atoms with Crippen LogP contribution in [0.25, 0.3) is 0 Å². The lowest BCUT2D eigenvalue weighted by molar-refractivity contribution is -0.134. The van der Waals surface area contributed by atoms with E-state index in [4.69, 9.17) is 4.74 Å². The van der Waals surface area contributed by atoms with Crippen LogP contribution in [0.4, 0.5) is 0 Å². The summed E-state index contributed by atoms with van der Waals surface area (Å²) in [6.45, 7) is 1.79. The van der Waals surface area contributed by atoms with Crippen molar-refractivity contribution in [3.63, 3.8) is 0 Å². The van der Waals surface area contributed by atoms with Crippen LogP contribution in [0.15, 0.2) is 36.8 Å². The standard InChI is InChI=1S/C16H18N2O2/c1-2-16(19)20-15-10-17-11-18(15)14-9-5-7-12-6-3-4-8-13(12)14/h3-4,6,8,10-11,14H,2,5,7,9H2,1H3/t14-/m0/s1. The summed E-state index contributed by atoms with van der Waals surface area (Å²) in [5, 5.41) is 0. The molecule has 104 valence electrons. The van der Waals surface area contributed by atoms with Gasteiger partial charge in [-0.05, 0) is 30.4 Å². The number of hydrogen-bond donors (Lipinski definition) is 0. The molecule has 1 aromatic carbocycles. The highest BCUT2D eigenvalue weighted by atomic mass is 16.5. The first-order valence-electron chi connectivity index (χ1n) is 7.10. The van der Waals surface area contributed by atoms with Gasteiger partial charge in [0.15, 0.2) is 0 Å². The molecule has 2 aromatic rings. The van der Waals surface area contributed by atoms with Gasteiger partial charge in [-0.1, -0.05) is 31.2 Å². The zero-order chi connectivity index (χ0) is 13.9. The lowest BCUT2D eigenvalue weighted by Crippen LogP contribution is -2.19. The molecule has 0 radical (unpaired) electrons. The first-order valence-corrected chi connectivity index (χ1v) is 7.10. The lowest BCUT2D eigenvalue weighted by atomic mass is 9.87. The first kappa shape index (κ1) is 12.9. The van der Waals surface area contributed by atoms with Crippen molar-refractivity contribution in [3.8, 4) is 5.88 Å². The van der Waals surface area contributed by atoms with Crippen LogP contribution in [0.2, 0.25) is 0 Å². The van der Waals surface area contributed by atoms with Crippen LogP contribution in [0, 0.1) is 0 Å². The molecule has 4 heteroatoms. The molecule has 1 aromatic heterocycles. The number of carbonyl (C=O) groups is 1. The number of imidazole rings is 1. The van der Waals surface area contributed by atoms with Crippen molar-refractivity contribution in [2.75, 3.05) is 0 Å². The number of ether oxygens (including phenoxy) is 1. The minimum Gasteiger partial charge on any atom is -0.408 e. The van der Waals surface area contributed by atoms with Crippen molar-refractivity contribution in [1.82, 2.24) is 9.55 Å². The SMILES string of the molecule is CCC(=O)Oc1cncn1[C@H]1CCCc2ccccc21. The summed E-state index contributed by atoms with van der Waals surface area (Å²) in [6.07, 6.45) is 7.04. The minimum atomic E-state index is -0.226. The van der Waals surface area contributed by atoms with Crippen LogP contribution in [0.5, 0.6) is 5.88 Å². The van der Waals surface area contributed by atoms with Gasteiger partial charge in [-0.2, -0.15) is 0 Å². The second kappa shape index (κ2) is 5.49. The Morgan fingerprint density at radius 2 is 2.30 bits per heavy atom. The fourth-order valence-electron chi connectivity index (χ4n) is 2.81. The summed E-state index contributed by atoms with van der Waals surface area (Å²) >= 11 is 0. The van der Waals surface area contributed by atoms with Crippen molar-refractivity contribution in [2.45, 2.75) is 38.6 Å². The van der Waals surface area contributed by atoms with Gasteiger partial charge < -0.3 is 4.74 Å². The Balaban J connectivity index is 1.95. The Labute approximate surface area is 118 Å². The van der Waals surface area contributed by atoms with Crippen molar-refractivity contribution in [1.29, 1.82) is 0 Å². The summed E-state index contributed by atoms with van der Waals surface area (Å²) in [7, 11) is 0. The molecule has 20 heavy (non-hydrogen) atoms. The number of fused-ring (bicyclic) bond motifs is 1. The highest BCUT2D eigenvalue weighted by Gasteiger charge is 2.23. The Morgan fingerprint density at radius 3 is 3.15 bits per heavy atom. The molecule has 0 bridgehead atoms. The van der Waals surface area contributed by atoms with Crippen molar-refractivity contribution in [2.24, 2.45) is 0 Å². The van der Waals surface area contributed by atoms with Crippen LogP contribution in [0.3, 0.4) is 0 Å². The fourth-order valence-corrected chi connectivity index (χ4v) is 2.81. The van der Waals surface area contributed by atoms with Gasteiger partial charge in [-0.25, -0.2) is 4.98 Å². The number of aromatic nitrogens is 2. The van der Waals surface area contributed by atoms with Crippen molar-refractivity contribution in [3.05, 3.63) is 47.9 Å². The number of rotatable bonds is 3. The van der Waals surface area contributed by atoms with Crippen LogP contribution in [0.1, 0.15) is 43.4 Å². The van der Waals surface area contributed by atoms with Gasteiger partial charge in [-0.15, -0.1) is 0 Å². The van der Waals surface area contributed by atoms with E-state index in [9.17, 15) is 4.79 Å². The Hall–Kier alpha value is -2.10. The highest BCUT2D eigenvalue weighted by molar-refractivity contribution is 5.71. The Kier molecular flexibility index (Phi) is 3.54. The molecule has 0 N–H and O–H groups in total. The van der Waals surface area contributed by atoms with Crippen LogP contribution in [-0.4, -0.2) is 15.5 Å². The van der Waals surface area contributed by atoms with Gasteiger partial charge in [-0.3, -0.25) is 9.36 Å². The van der Waals surface area contributed by atoms with Crippen molar-refractivity contribution >= 4 is 5.97 Å². The van der Waals surface area contributed by atoms with E-state index in [0.717, 1.165) is 19.3 Å². The van der Waals surface area contributed by atoms with E-state index in [2.05, 4.69) is 29.2 Å². The molecule has 0 aliphatic heterocycles. The second-order valence-corrected chi connectivity index (χ2v) is 5.07. The van der Waals surface area contributed by atoms with Crippen LogP contribution >= 0.6 is 0 Å². The van der Waals surface area contributed by atoms with Gasteiger partial charge in [0.1, 0.15) is 0 Å². The van der Waals surface area contributed by atoms with E-state index >= 15 is 0 Å². The minimum absolute atomic E-state index is 0.210. The molecular formula is C16H18N2O2. The maximum absolute atomic E-state index is 11.5. The predicted molar refractivity (Wildman–Crippen MR) is 75.7 cm³/mol. The fraction of sp³-hybridized carbons (Fsp3) is 0.375. The molecule has 0 spiro atoms. The van der Waals surface area contributed by atoms with Gasteiger partial charge in [0, 0.05) is 6.42 Å². The van der Waals surface area contributed by atoms with E-state index in [1.807, 2.05) is 4.57 Å². The number of carbonyl (C=O) groups excluding carboxylic acids is 1. The summed E-state index contributed by atoms with van der Waals surface area (Å²) in [5.41, 5.74) is 2.69. The van der Waals surface area contributed by atoms with E-state index < -0.39 is 0 Å². The third-order valence-electron chi connectivity index (χ3n) is 3.81. The van der Waals surface area contributed by atoms with E-state index in [1.165, 1.54) is 11.1 Å². The van der Waals surface area contributed by atoms with E-state index in [0.29, 0.717) is 12.3 Å². The maximum atomic E-state index is 11.5. The summed E-state index contributed by atoms with van der Waals surface area (Å²) < 4.78 is 7.34. The number of nitrogens with zero attached hydrogens (tertiary/aromatic N) is 2. The van der Waals surface area contributed by atoms with E-state index in [-0.39, 0.29) is 12.0 Å². The van der Waals surface area contributed by atoms with Crippen LogP contribution in [-0.2, 0) is 11.2 Å². The maximum Gasteiger partial charge on any atom is 0.312 e. The molecule has 1 aliphatic rings. The molecule has 0 unspecified atom stereocenters. The summed E-state index contributed by atoms with van der Waals surface area (Å²) in [5.74, 6) is 0.314. The molecular weight excluding hydrogens is 252 g/mol. The molecule has 3 rings (SSSR count). The molecule has 0 saturated heterocycles. The molecule has 1 aliphatic carbocycles. The van der Waals surface area contributed by atoms with E-state index in [1.54, 1.807) is 19.4 Å². The molecule has 4 nitrogen and oxygen atoms in total. The zero-order valence-corrected chi connectivity index (χ0v) is 11.6. The Bertz CT molecular complexity index is 618. The number of hydrogen-bond acceptors (Lipinski definition) is 3. The molecule has 1 atom stereocenters. The average molecular weight is 270 g/mol. The van der Waals surface area contributed by atoms with Gasteiger partial charge in [0.25, 0.3) is 0 Å². The number of esters is 1. The van der Waals surface area contributed by atoms with Gasteiger partial charge >= 0.3 is 5.97 Å². The van der Waals surface area contributed by atoms with Gasteiger partial charge in [0.2, 0.25) is 5.88 Å². The monoisotopic (exact) mass is 270 g/mol. The highest BCUT2D eigenvalue weighted by Crippen LogP contribution is 2.35. The molecule has 0 saturated carbocycles. The average Bonchev–Trinajstić information content (AvgIpc) is 2.94. The quantitative estimate of drug-likeness (QED) is 0.805. The summed E-state index contributed by atoms with van der Waals surface area (Å²) in [6, 6.07) is 8.68. The normalized spacial score (nSPS) is 17.6. The number of aryl methyl sites for hydroxylation is 1. The zero-order valence-electron chi connectivity index (χ0n) is 11.6. The topological polar surface area (TPSA) is 44.1 Å². The molecule has 0 amide bonds. The second-order valence-electron chi connectivity index (χ2n) is 5.07.